The zero-order valence-electron chi connectivity index (χ0n) is 8.56. The van der Waals surface area contributed by atoms with Crippen LogP contribution in [-0.4, -0.2) is 4.98 Å². The van der Waals surface area contributed by atoms with E-state index in [2.05, 4.69) is 4.98 Å². The predicted octanol–water partition coefficient (Wildman–Crippen LogP) is 3.61. The highest BCUT2D eigenvalue weighted by atomic mass is 35.5. The number of nitrogens with two attached hydrogens (primary N) is 1. The molecule has 1 heterocycles. The number of hydrogen-bond donors (Lipinski definition) is 1. The number of hydrogen-bond acceptors (Lipinski definition) is 3. The Morgan fingerprint density at radius 3 is 2.69 bits per heavy atom. The molecule has 0 atom stereocenters. The lowest BCUT2D eigenvalue weighted by atomic mass is 10.3. The van der Waals surface area contributed by atoms with Crippen LogP contribution in [0.25, 0.3) is 0 Å². The number of nitrogen functional groups attached to an aromatic ring is 1. The Morgan fingerprint density at radius 1 is 1.19 bits per heavy atom. The molecule has 82 valence electrons. The molecule has 2 nitrogen and oxygen atoms in total. The van der Waals surface area contributed by atoms with E-state index in [1.165, 1.54) is 5.56 Å². The summed E-state index contributed by atoms with van der Waals surface area (Å²) in [6.45, 7) is 0. The molecule has 0 aliphatic heterocycles. The van der Waals surface area contributed by atoms with Crippen LogP contribution in [0.1, 0.15) is 5.56 Å². The molecule has 1 aromatic carbocycles. The second-order valence-corrected chi connectivity index (χ2v) is 4.76. The van der Waals surface area contributed by atoms with Gasteiger partial charge in [0.15, 0.2) is 0 Å². The average molecular weight is 251 g/mol. The van der Waals surface area contributed by atoms with Crippen LogP contribution >= 0.6 is 23.4 Å². The largest absolute Gasteiger partial charge is 0.399 e. The highest BCUT2D eigenvalue weighted by Gasteiger charge is 2.02. The molecule has 2 rings (SSSR count). The van der Waals surface area contributed by atoms with Crippen molar-refractivity contribution in [1.82, 2.24) is 4.98 Å². The maximum absolute atomic E-state index is 6.07. The summed E-state index contributed by atoms with van der Waals surface area (Å²) < 4.78 is 0. The molecule has 2 aromatic rings. The maximum Gasteiger partial charge on any atom is 0.0543 e. The van der Waals surface area contributed by atoms with Crippen molar-refractivity contribution in [3.05, 3.63) is 53.3 Å². The second kappa shape index (κ2) is 5.23. The molecule has 0 saturated carbocycles. The van der Waals surface area contributed by atoms with E-state index in [4.69, 9.17) is 17.3 Å². The summed E-state index contributed by atoms with van der Waals surface area (Å²) >= 11 is 7.75. The summed E-state index contributed by atoms with van der Waals surface area (Å²) in [7, 11) is 0. The van der Waals surface area contributed by atoms with Crippen molar-refractivity contribution in [2.45, 2.75) is 10.6 Å². The normalized spacial score (nSPS) is 10.3. The van der Waals surface area contributed by atoms with Gasteiger partial charge in [0, 0.05) is 28.7 Å². The fourth-order valence-corrected chi connectivity index (χ4v) is 2.49. The molecule has 1 aromatic heterocycles. The van der Waals surface area contributed by atoms with Gasteiger partial charge in [-0.05, 0) is 35.9 Å². The quantitative estimate of drug-likeness (QED) is 0.668. The summed E-state index contributed by atoms with van der Waals surface area (Å²) in [4.78, 5) is 4.99. The Morgan fingerprint density at radius 2 is 1.94 bits per heavy atom. The molecule has 0 saturated heterocycles. The van der Waals surface area contributed by atoms with Crippen molar-refractivity contribution in [2.24, 2.45) is 0 Å². The van der Waals surface area contributed by atoms with Crippen LogP contribution < -0.4 is 5.73 Å². The Balaban J connectivity index is 2.08. The van der Waals surface area contributed by atoms with Crippen LogP contribution in [0, 0.1) is 0 Å². The summed E-state index contributed by atoms with van der Waals surface area (Å²) in [5.74, 6) is 0.867. The van der Waals surface area contributed by atoms with Gasteiger partial charge in [-0.15, -0.1) is 11.8 Å². The molecule has 0 unspecified atom stereocenters. The molecule has 0 aliphatic rings. The van der Waals surface area contributed by atoms with Gasteiger partial charge in [0.25, 0.3) is 0 Å². The van der Waals surface area contributed by atoms with Gasteiger partial charge in [0.2, 0.25) is 0 Å². The third kappa shape index (κ3) is 2.90. The minimum absolute atomic E-state index is 0.738. The highest BCUT2D eigenvalue weighted by molar-refractivity contribution is 7.98. The van der Waals surface area contributed by atoms with E-state index in [1.807, 2.05) is 24.3 Å². The molecular formula is C12H11ClN2S. The number of thioether (sulfide) groups is 1. The third-order valence-electron chi connectivity index (χ3n) is 2.10. The third-order valence-corrected chi connectivity index (χ3v) is 3.67. The van der Waals surface area contributed by atoms with E-state index < -0.39 is 0 Å². The van der Waals surface area contributed by atoms with Crippen molar-refractivity contribution in [1.29, 1.82) is 0 Å². The van der Waals surface area contributed by atoms with E-state index in [-0.39, 0.29) is 0 Å². The first kappa shape index (κ1) is 11.3. The van der Waals surface area contributed by atoms with E-state index in [1.54, 1.807) is 30.2 Å². The molecule has 2 N–H and O–H groups in total. The van der Waals surface area contributed by atoms with Crippen molar-refractivity contribution in [2.75, 3.05) is 5.73 Å². The van der Waals surface area contributed by atoms with Crippen LogP contribution in [-0.2, 0) is 5.75 Å². The van der Waals surface area contributed by atoms with Crippen LogP contribution in [0.4, 0.5) is 5.69 Å². The minimum atomic E-state index is 0.738. The summed E-state index contributed by atoms with van der Waals surface area (Å²) in [5.41, 5.74) is 7.67. The first-order chi connectivity index (χ1) is 7.75. The van der Waals surface area contributed by atoms with Gasteiger partial charge in [-0.3, -0.25) is 4.98 Å². The lowest BCUT2D eigenvalue weighted by Crippen LogP contribution is -1.86. The SMILES string of the molecule is Nc1ccc(Cl)c(SCc2ccncc2)c1. The first-order valence-electron chi connectivity index (χ1n) is 4.82. The predicted molar refractivity (Wildman–Crippen MR) is 69.7 cm³/mol. The van der Waals surface area contributed by atoms with Crippen LogP contribution in [0.3, 0.4) is 0 Å². The number of pyridine rings is 1. The van der Waals surface area contributed by atoms with Crippen molar-refractivity contribution < 1.29 is 0 Å². The zero-order chi connectivity index (χ0) is 11.4. The van der Waals surface area contributed by atoms with Crippen molar-refractivity contribution in [3.63, 3.8) is 0 Å². The molecule has 0 bridgehead atoms. The Bertz CT molecular complexity index is 474. The smallest absolute Gasteiger partial charge is 0.0543 e. The molecule has 0 spiro atoms. The van der Waals surface area contributed by atoms with Gasteiger partial charge in [-0.2, -0.15) is 0 Å². The van der Waals surface area contributed by atoms with Gasteiger partial charge < -0.3 is 5.73 Å². The van der Waals surface area contributed by atoms with E-state index in [0.717, 1.165) is 21.4 Å². The Labute approximate surface area is 104 Å². The molecule has 0 aliphatic carbocycles. The number of nitrogens with zero attached hydrogens (tertiary/aromatic N) is 1. The number of anilines is 1. The van der Waals surface area contributed by atoms with Crippen molar-refractivity contribution in [3.8, 4) is 0 Å². The van der Waals surface area contributed by atoms with Gasteiger partial charge in [-0.25, -0.2) is 0 Å². The van der Waals surface area contributed by atoms with Gasteiger partial charge in [0.05, 0.1) is 5.02 Å². The Kier molecular flexibility index (Phi) is 3.70. The fraction of sp³-hybridized carbons (Fsp3) is 0.0833. The molecule has 0 fully saturated rings. The van der Waals surface area contributed by atoms with E-state index in [0.29, 0.717) is 0 Å². The number of rotatable bonds is 3. The van der Waals surface area contributed by atoms with Gasteiger partial charge in [0.1, 0.15) is 0 Å². The van der Waals surface area contributed by atoms with E-state index in [9.17, 15) is 0 Å². The highest BCUT2D eigenvalue weighted by Crippen LogP contribution is 2.31. The number of aromatic nitrogens is 1. The summed E-state index contributed by atoms with van der Waals surface area (Å²) in [6.07, 6.45) is 3.58. The van der Waals surface area contributed by atoms with Gasteiger partial charge in [-0.1, -0.05) is 11.6 Å². The minimum Gasteiger partial charge on any atom is -0.399 e. The maximum atomic E-state index is 6.07. The lowest BCUT2D eigenvalue weighted by Gasteiger charge is -2.05. The molecule has 4 heteroatoms. The zero-order valence-corrected chi connectivity index (χ0v) is 10.1. The number of halogens is 1. The summed E-state index contributed by atoms with van der Waals surface area (Å²) in [6, 6.07) is 9.51. The molecule has 0 amide bonds. The standard InChI is InChI=1S/C12H11ClN2S/c13-11-2-1-10(14)7-12(11)16-8-9-3-5-15-6-4-9/h1-7H,8,14H2. The van der Waals surface area contributed by atoms with E-state index >= 15 is 0 Å². The van der Waals surface area contributed by atoms with Crippen LogP contribution in [0.5, 0.6) is 0 Å². The van der Waals surface area contributed by atoms with Crippen molar-refractivity contribution >= 4 is 29.1 Å². The summed E-state index contributed by atoms with van der Waals surface area (Å²) in [5, 5.41) is 0.744. The van der Waals surface area contributed by atoms with Crippen LogP contribution in [0.2, 0.25) is 5.02 Å². The first-order valence-corrected chi connectivity index (χ1v) is 6.19. The molecular weight excluding hydrogens is 240 g/mol. The lowest BCUT2D eigenvalue weighted by molar-refractivity contribution is 1.27. The fourth-order valence-electron chi connectivity index (χ4n) is 1.27. The number of benzene rings is 1. The van der Waals surface area contributed by atoms with Crippen LogP contribution in [0.15, 0.2) is 47.6 Å². The monoisotopic (exact) mass is 250 g/mol. The Hall–Kier alpha value is -1.19. The molecule has 0 radical (unpaired) electrons. The second-order valence-electron chi connectivity index (χ2n) is 3.33. The average Bonchev–Trinajstić information content (AvgIpc) is 2.32. The topological polar surface area (TPSA) is 38.9 Å². The van der Waals surface area contributed by atoms with Gasteiger partial charge >= 0.3 is 0 Å². The molecule has 16 heavy (non-hydrogen) atoms.